The summed E-state index contributed by atoms with van der Waals surface area (Å²) in [5.74, 6) is -2.74. The van der Waals surface area contributed by atoms with E-state index in [4.69, 9.17) is 0 Å². The number of rotatable bonds is 4. The second-order valence-corrected chi connectivity index (χ2v) is 2.88. The first-order valence-corrected chi connectivity index (χ1v) is 4.53. The fourth-order valence-corrected chi connectivity index (χ4v) is 0.984. The van der Waals surface area contributed by atoms with Gasteiger partial charge in [0.1, 0.15) is 17.2 Å². The number of amides is 1. The Bertz CT molecular complexity index is 335. The van der Waals surface area contributed by atoms with Gasteiger partial charge in [0.15, 0.2) is 0 Å². The fraction of sp³-hybridized carbons (Fsp3) is 0.300. The monoisotopic (exact) mass is 215 g/mol. The molecule has 3 nitrogen and oxygen atoms in total. The summed E-state index contributed by atoms with van der Waals surface area (Å²) in [5.41, 5.74) is 1.33. The molecule has 0 fully saturated rings. The molecule has 5 heteroatoms. The van der Waals surface area contributed by atoms with Gasteiger partial charge < -0.3 is 0 Å². The largest absolute Gasteiger partial charge is 0.280 e. The van der Waals surface area contributed by atoms with Crippen molar-refractivity contribution >= 4 is 5.91 Å². The predicted octanol–water partition coefficient (Wildman–Crippen LogP) is 2.04. The summed E-state index contributed by atoms with van der Waals surface area (Å²) in [6.07, 6.45) is 0.694. The molecular weight excluding hydrogens is 204 g/mol. The third-order valence-corrected chi connectivity index (χ3v) is 1.66. The molecule has 0 saturated carbocycles. The first kappa shape index (κ1) is 11.6. The van der Waals surface area contributed by atoms with Gasteiger partial charge in [-0.25, -0.2) is 14.3 Å². The lowest BCUT2D eigenvalue weighted by atomic mass is 10.2. The van der Waals surface area contributed by atoms with E-state index in [1.807, 2.05) is 12.4 Å². The highest BCUT2D eigenvalue weighted by molar-refractivity contribution is 5.93. The Hall–Kier alpha value is -1.49. The van der Waals surface area contributed by atoms with Crippen LogP contribution in [0.25, 0.3) is 0 Å². The Morgan fingerprint density at radius 1 is 1.40 bits per heavy atom. The standard InChI is InChI=1S/C10H11F2NO2/c1-2-6-15-13-10(14)9-7(11)4-3-5-8(9)12/h3-5H,2,6H2,1H3,(H,13,14). The summed E-state index contributed by atoms with van der Waals surface area (Å²) in [7, 11) is 0. The molecule has 1 N–H and O–H groups in total. The third-order valence-electron chi connectivity index (χ3n) is 1.66. The molecule has 1 amide bonds. The lowest BCUT2D eigenvalue weighted by Gasteiger charge is -2.06. The molecule has 82 valence electrons. The molecule has 15 heavy (non-hydrogen) atoms. The summed E-state index contributed by atoms with van der Waals surface area (Å²) in [6.45, 7) is 2.14. The average Bonchev–Trinajstić information content (AvgIpc) is 2.18. The number of halogens is 2. The van der Waals surface area contributed by atoms with E-state index >= 15 is 0 Å². The maximum atomic E-state index is 13.1. The number of benzene rings is 1. The van der Waals surface area contributed by atoms with E-state index in [2.05, 4.69) is 4.84 Å². The van der Waals surface area contributed by atoms with Crippen molar-refractivity contribution in [1.29, 1.82) is 0 Å². The highest BCUT2D eigenvalue weighted by atomic mass is 19.1. The second-order valence-electron chi connectivity index (χ2n) is 2.88. The zero-order chi connectivity index (χ0) is 11.3. The third kappa shape index (κ3) is 2.99. The molecule has 1 aromatic carbocycles. The summed E-state index contributed by atoms with van der Waals surface area (Å²) < 4.78 is 26.1. The zero-order valence-electron chi connectivity index (χ0n) is 8.22. The van der Waals surface area contributed by atoms with E-state index in [-0.39, 0.29) is 0 Å². The molecule has 0 heterocycles. The molecule has 1 rings (SSSR count). The van der Waals surface area contributed by atoms with Gasteiger partial charge in [0, 0.05) is 0 Å². The van der Waals surface area contributed by atoms with Crippen molar-refractivity contribution in [1.82, 2.24) is 5.48 Å². The molecule has 0 aliphatic heterocycles. The maximum absolute atomic E-state index is 13.1. The molecule has 0 bridgehead atoms. The van der Waals surface area contributed by atoms with Crippen molar-refractivity contribution in [3.05, 3.63) is 35.4 Å². The van der Waals surface area contributed by atoms with Crippen molar-refractivity contribution in [2.75, 3.05) is 6.61 Å². The molecule has 0 aromatic heterocycles. The minimum Gasteiger partial charge on any atom is -0.273 e. The van der Waals surface area contributed by atoms with Gasteiger partial charge in [-0.1, -0.05) is 13.0 Å². The molecule has 0 radical (unpaired) electrons. The van der Waals surface area contributed by atoms with E-state index in [0.717, 1.165) is 12.1 Å². The van der Waals surface area contributed by atoms with Crippen molar-refractivity contribution in [2.45, 2.75) is 13.3 Å². The summed E-state index contributed by atoms with van der Waals surface area (Å²) in [6, 6.07) is 3.21. The lowest BCUT2D eigenvalue weighted by molar-refractivity contribution is 0.0308. The van der Waals surface area contributed by atoms with Gasteiger partial charge in [-0.2, -0.15) is 0 Å². The van der Waals surface area contributed by atoms with Crippen LogP contribution in [-0.4, -0.2) is 12.5 Å². The van der Waals surface area contributed by atoms with Crippen LogP contribution < -0.4 is 5.48 Å². The second kappa shape index (κ2) is 5.41. The first-order chi connectivity index (χ1) is 7.16. The van der Waals surface area contributed by atoms with E-state index in [1.54, 1.807) is 0 Å². The molecule has 0 aliphatic rings. The molecule has 0 atom stereocenters. The van der Waals surface area contributed by atoms with Gasteiger partial charge >= 0.3 is 0 Å². The van der Waals surface area contributed by atoms with Crippen molar-refractivity contribution in [2.24, 2.45) is 0 Å². The van der Waals surface area contributed by atoms with Crippen LogP contribution in [0.15, 0.2) is 18.2 Å². The molecule has 0 spiro atoms. The smallest absolute Gasteiger partial charge is 0.273 e. The minimum atomic E-state index is -0.918. The van der Waals surface area contributed by atoms with Crippen LogP contribution in [0.3, 0.4) is 0 Å². The van der Waals surface area contributed by atoms with Gasteiger partial charge in [-0.15, -0.1) is 0 Å². The maximum Gasteiger partial charge on any atom is 0.280 e. The highest BCUT2D eigenvalue weighted by Gasteiger charge is 2.16. The number of nitrogens with one attached hydrogen (secondary N) is 1. The van der Waals surface area contributed by atoms with Crippen molar-refractivity contribution < 1.29 is 18.4 Å². The topological polar surface area (TPSA) is 38.3 Å². The highest BCUT2D eigenvalue weighted by Crippen LogP contribution is 2.11. The fourth-order valence-electron chi connectivity index (χ4n) is 0.984. The first-order valence-electron chi connectivity index (χ1n) is 4.53. The van der Waals surface area contributed by atoms with E-state index in [0.29, 0.717) is 13.0 Å². The summed E-state index contributed by atoms with van der Waals surface area (Å²) in [5, 5.41) is 0. The number of hydrogen-bond donors (Lipinski definition) is 1. The molecule has 0 unspecified atom stereocenters. The van der Waals surface area contributed by atoms with Gasteiger partial charge in [0.2, 0.25) is 0 Å². The Balaban J connectivity index is 2.73. The van der Waals surface area contributed by atoms with E-state index in [9.17, 15) is 13.6 Å². The minimum absolute atomic E-state index is 0.293. The van der Waals surface area contributed by atoms with Crippen LogP contribution in [0.5, 0.6) is 0 Å². The summed E-state index contributed by atoms with van der Waals surface area (Å²) in [4.78, 5) is 15.9. The van der Waals surface area contributed by atoms with Gasteiger partial charge in [-0.3, -0.25) is 9.63 Å². The lowest BCUT2D eigenvalue weighted by Crippen LogP contribution is -2.26. The number of carbonyl (C=O) groups is 1. The number of hydroxylamine groups is 1. The van der Waals surface area contributed by atoms with Crippen molar-refractivity contribution in [3.8, 4) is 0 Å². The Kier molecular flexibility index (Phi) is 4.17. The normalized spacial score (nSPS) is 10.1. The van der Waals surface area contributed by atoms with Crippen LogP contribution in [0.4, 0.5) is 8.78 Å². The Labute approximate surface area is 86.0 Å². The van der Waals surface area contributed by atoms with Crippen LogP contribution in [0.2, 0.25) is 0 Å². The molecule has 1 aromatic rings. The SMILES string of the molecule is CCCONC(=O)c1c(F)cccc1F. The molecular formula is C10H11F2NO2. The van der Waals surface area contributed by atoms with Crippen molar-refractivity contribution in [3.63, 3.8) is 0 Å². The average molecular weight is 215 g/mol. The molecule has 0 aliphatic carbocycles. The Morgan fingerprint density at radius 2 is 2.00 bits per heavy atom. The van der Waals surface area contributed by atoms with Crippen LogP contribution in [0.1, 0.15) is 23.7 Å². The van der Waals surface area contributed by atoms with Crippen LogP contribution in [-0.2, 0) is 4.84 Å². The number of hydrogen-bond acceptors (Lipinski definition) is 2. The van der Waals surface area contributed by atoms with Gasteiger partial charge in [-0.05, 0) is 18.6 Å². The quantitative estimate of drug-likeness (QED) is 0.616. The van der Waals surface area contributed by atoms with E-state index in [1.165, 1.54) is 6.07 Å². The van der Waals surface area contributed by atoms with E-state index < -0.39 is 23.1 Å². The summed E-state index contributed by atoms with van der Waals surface area (Å²) >= 11 is 0. The van der Waals surface area contributed by atoms with Gasteiger partial charge in [0.25, 0.3) is 5.91 Å². The number of carbonyl (C=O) groups excluding carboxylic acids is 1. The van der Waals surface area contributed by atoms with Gasteiger partial charge in [0.05, 0.1) is 6.61 Å². The van der Waals surface area contributed by atoms with Crippen LogP contribution >= 0.6 is 0 Å². The molecule has 0 saturated heterocycles. The predicted molar refractivity (Wildman–Crippen MR) is 50.1 cm³/mol. The zero-order valence-corrected chi connectivity index (χ0v) is 8.22. The Morgan fingerprint density at radius 3 is 2.53 bits per heavy atom. The van der Waals surface area contributed by atoms with Crippen LogP contribution in [0, 0.1) is 11.6 Å².